The molecule has 0 radical (unpaired) electrons. The number of hydrogen-bond acceptors (Lipinski definition) is 3. The van der Waals surface area contributed by atoms with Gasteiger partial charge in [0.05, 0.1) is 12.7 Å². The Bertz CT molecular complexity index is 358. The van der Waals surface area contributed by atoms with Crippen LogP contribution in [0, 0.1) is 0 Å². The molecule has 1 aromatic carbocycles. The number of aliphatic hydroxyl groups is 1. The molecular weight excluding hydrogens is 214 g/mol. The minimum Gasteiger partial charge on any atom is -0.394 e. The van der Waals surface area contributed by atoms with E-state index in [0.717, 1.165) is 12.1 Å². The molecule has 0 amide bonds. The van der Waals surface area contributed by atoms with Crippen molar-refractivity contribution in [1.29, 1.82) is 0 Å². The Labute approximate surface area is 103 Å². The van der Waals surface area contributed by atoms with Crippen molar-refractivity contribution in [2.24, 2.45) is 0 Å². The number of ether oxygens (including phenoxy) is 1. The normalized spacial score (nSPS) is 26.4. The number of benzene rings is 1. The molecule has 1 saturated heterocycles. The first-order valence-electron chi connectivity index (χ1n) is 6.10. The van der Waals surface area contributed by atoms with Crippen molar-refractivity contribution in [2.45, 2.75) is 38.6 Å². The van der Waals surface area contributed by atoms with Gasteiger partial charge in [-0.15, -0.1) is 0 Å². The number of rotatable bonds is 2. The molecule has 1 aliphatic heterocycles. The first-order valence-corrected chi connectivity index (χ1v) is 6.10. The summed E-state index contributed by atoms with van der Waals surface area (Å²) in [6.07, 6.45) is -0.132. The van der Waals surface area contributed by atoms with Crippen LogP contribution in [0.2, 0.25) is 0 Å². The molecular formula is C14H21NO2. The van der Waals surface area contributed by atoms with Gasteiger partial charge in [-0.25, -0.2) is 0 Å². The zero-order chi connectivity index (χ0) is 12.5. The van der Waals surface area contributed by atoms with Gasteiger partial charge in [0.2, 0.25) is 0 Å². The van der Waals surface area contributed by atoms with E-state index >= 15 is 0 Å². The van der Waals surface area contributed by atoms with Gasteiger partial charge >= 0.3 is 0 Å². The summed E-state index contributed by atoms with van der Waals surface area (Å²) in [5.41, 5.74) is 1.18. The van der Waals surface area contributed by atoms with Crippen LogP contribution in [0.25, 0.3) is 0 Å². The van der Waals surface area contributed by atoms with Crippen LogP contribution in [0.15, 0.2) is 30.3 Å². The van der Waals surface area contributed by atoms with E-state index in [-0.39, 0.29) is 24.5 Å². The van der Waals surface area contributed by atoms with E-state index in [1.54, 1.807) is 0 Å². The van der Waals surface area contributed by atoms with Crippen LogP contribution in [0.1, 0.15) is 32.6 Å². The Morgan fingerprint density at radius 3 is 2.47 bits per heavy atom. The molecule has 1 aliphatic rings. The Hall–Kier alpha value is -0.900. The quantitative estimate of drug-likeness (QED) is 0.852. The molecule has 3 nitrogen and oxygen atoms in total. The minimum absolute atomic E-state index is 0.0322. The van der Waals surface area contributed by atoms with Gasteiger partial charge in [-0.2, -0.15) is 0 Å². The fraction of sp³-hybridized carbons (Fsp3) is 0.571. The Morgan fingerprint density at radius 2 is 1.94 bits per heavy atom. The summed E-state index contributed by atoms with van der Waals surface area (Å²) < 4.78 is 5.91. The zero-order valence-electron chi connectivity index (χ0n) is 10.8. The third-order valence-corrected chi connectivity index (χ3v) is 3.15. The highest BCUT2D eigenvalue weighted by Crippen LogP contribution is 2.35. The summed E-state index contributed by atoms with van der Waals surface area (Å²) in [5.74, 6) is 0. The fourth-order valence-electron chi connectivity index (χ4n) is 2.22. The summed E-state index contributed by atoms with van der Waals surface area (Å²) in [6.45, 7) is 7.37. The average Bonchev–Trinajstić information content (AvgIpc) is 2.74. The van der Waals surface area contributed by atoms with Gasteiger partial charge in [0.1, 0.15) is 6.23 Å². The lowest BCUT2D eigenvalue weighted by molar-refractivity contribution is -0.0422. The van der Waals surface area contributed by atoms with E-state index in [4.69, 9.17) is 4.74 Å². The molecule has 3 heteroatoms. The van der Waals surface area contributed by atoms with Crippen molar-refractivity contribution < 1.29 is 9.84 Å². The predicted octanol–water partition coefficient (Wildman–Crippen LogP) is 2.18. The molecule has 17 heavy (non-hydrogen) atoms. The van der Waals surface area contributed by atoms with E-state index in [2.05, 4.69) is 37.8 Å². The minimum atomic E-state index is -0.0839. The topological polar surface area (TPSA) is 32.7 Å². The lowest BCUT2D eigenvalue weighted by Crippen LogP contribution is -2.41. The summed E-state index contributed by atoms with van der Waals surface area (Å²) >= 11 is 0. The molecule has 1 unspecified atom stereocenters. The SMILES string of the molecule is CC(C)(C)N1C[C@@H](CO)OC1c1ccccc1. The van der Waals surface area contributed by atoms with Crippen LogP contribution in [-0.4, -0.2) is 34.8 Å². The van der Waals surface area contributed by atoms with Gasteiger partial charge in [0.15, 0.2) is 0 Å². The maximum Gasteiger partial charge on any atom is 0.137 e. The summed E-state index contributed by atoms with van der Waals surface area (Å²) in [5, 5.41) is 9.26. The first kappa shape index (κ1) is 12.6. The van der Waals surface area contributed by atoms with E-state index in [9.17, 15) is 5.11 Å². The monoisotopic (exact) mass is 235 g/mol. The van der Waals surface area contributed by atoms with Gasteiger partial charge in [-0.3, -0.25) is 4.90 Å². The molecule has 0 saturated carbocycles. The second-order valence-electron chi connectivity index (χ2n) is 5.53. The van der Waals surface area contributed by atoms with E-state index in [1.807, 2.05) is 18.2 Å². The first-order chi connectivity index (χ1) is 8.02. The second kappa shape index (κ2) is 4.77. The van der Waals surface area contributed by atoms with Crippen molar-refractivity contribution in [1.82, 2.24) is 4.90 Å². The Balaban J connectivity index is 2.25. The number of nitrogens with zero attached hydrogens (tertiary/aromatic N) is 1. The smallest absolute Gasteiger partial charge is 0.137 e. The highest BCUT2D eigenvalue weighted by atomic mass is 16.5. The zero-order valence-corrected chi connectivity index (χ0v) is 10.8. The molecule has 0 spiro atoms. The van der Waals surface area contributed by atoms with E-state index in [1.165, 1.54) is 0 Å². The number of aliphatic hydroxyl groups excluding tert-OH is 1. The lowest BCUT2D eigenvalue weighted by atomic mass is 10.0. The fourth-order valence-corrected chi connectivity index (χ4v) is 2.22. The molecule has 0 bridgehead atoms. The molecule has 1 aromatic rings. The summed E-state index contributed by atoms with van der Waals surface area (Å²) in [4.78, 5) is 2.29. The van der Waals surface area contributed by atoms with Crippen LogP contribution >= 0.6 is 0 Å². The largest absolute Gasteiger partial charge is 0.394 e. The Kier molecular flexibility index (Phi) is 3.52. The number of hydrogen-bond donors (Lipinski definition) is 1. The van der Waals surface area contributed by atoms with E-state index < -0.39 is 0 Å². The van der Waals surface area contributed by atoms with Crippen molar-refractivity contribution in [3.05, 3.63) is 35.9 Å². The molecule has 0 aromatic heterocycles. The van der Waals surface area contributed by atoms with E-state index in [0.29, 0.717) is 0 Å². The van der Waals surface area contributed by atoms with Crippen molar-refractivity contribution >= 4 is 0 Å². The van der Waals surface area contributed by atoms with Crippen LogP contribution in [-0.2, 0) is 4.74 Å². The van der Waals surface area contributed by atoms with Gasteiger partial charge in [-0.1, -0.05) is 30.3 Å². The highest BCUT2D eigenvalue weighted by Gasteiger charge is 2.39. The highest BCUT2D eigenvalue weighted by molar-refractivity contribution is 5.18. The third kappa shape index (κ3) is 2.68. The van der Waals surface area contributed by atoms with Crippen molar-refractivity contribution in [2.75, 3.05) is 13.2 Å². The molecule has 1 N–H and O–H groups in total. The van der Waals surface area contributed by atoms with Crippen LogP contribution in [0.3, 0.4) is 0 Å². The molecule has 2 rings (SSSR count). The van der Waals surface area contributed by atoms with Crippen LogP contribution < -0.4 is 0 Å². The van der Waals surface area contributed by atoms with Gasteiger partial charge < -0.3 is 9.84 Å². The summed E-state index contributed by atoms with van der Waals surface area (Å²) in [7, 11) is 0. The average molecular weight is 235 g/mol. The molecule has 1 heterocycles. The lowest BCUT2D eigenvalue weighted by Gasteiger charge is -2.35. The second-order valence-corrected chi connectivity index (χ2v) is 5.53. The predicted molar refractivity (Wildman–Crippen MR) is 67.6 cm³/mol. The molecule has 2 atom stereocenters. The van der Waals surface area contributed by atoms with Crippen LogP contribution in [0.4, 0.5) is 0 Å². The van der Waals surface area contributed by atoms with Gasteiger partial charge in [0.25, 0.3) is 0 Å². The molecule has 0 aliphatic carbocycles. The third-order valence-electron chi connectivity index (χ3n) is 3.15. The van der Waals surface area contributed by atoms with Gasteiger partial charge in [0, 0.05) is 12.1 Å². The summed E-state index contributed by atoms with van der Waals surface area (Å²) in [6, 6.07) is 10.2. The van der Waals surface area contributed by atoms with Gasteiger partial charge in [-0.05, 0) is 26.3 Å². The maximum atomic E-state index is 9.26. The van der Waals surface area contributed by atoms with Crippen LogP contribution in [0.5, 0.6) is 0 Å². The maximum absolute atomic E-state index is 9.26. The molecule has 1 fully saturated rings. The van der Waals surface area contributed by atoms with Crippen molar-refractivity contribution in [3.63, 3.8) is 0 Å². The van der Waals surface area contributed by atoms with Crippen molar-refractivity contribution in [3.8, 4) is 0 Å². The Morgan fingerprint density at radius 1 is 1.29 bits per heavy atom. The standard InChI is InChI=1S/C14H21NO2/c1-14(2,3)15-9-12(10-16)17-13(15)11-7-5-4-6-8-11/h4-8,12-13,16H,9-10H2,1-3H3/t12-,13?/m0/s1. The molecule has 94 valence electrons.